The van der Waals surface area contributed by atoms with Crippen LogP contribution in [0.15, 0.2) is 35.1 Å². The maximum absolute atomic E-state index is 12.1. The minimum Gasteiger partial charge on any atom is -0.380 e. The van der Waals surface area contributed by atoms with Crippen LogP contribution >= 0.6 is 0 Å². The van der Waals surface area contributed by atoms with Crippen LogP contribution in [0.1, 0.15) is 25.3 Å². The molecular weight excluding hydrogens is 252 g/mol. The third kappa shape index (κ3) is 2.76. The van der Waals surface area contributed by atoms with Gasteiger partial charge in [-0.1, -0.05) is 18.2 Å². The van der Waals surface area contributed by atoms with Crippen LogP contribution < -0.4 is 10.9 Å². The third-order valence-electron chi connectivity index (χ3n) is 3.97. The van der Waals surface area contributed by atoms with E-state index in [0.717, 1.165) is 35.9 Å². The molecule has 0 radical (unpaired) electrons. The second-order valence-corrected chi connectivity index (χ2v) is 5.78. The molecule has 106 valence electrons. The number of nitrogens with one attached hydrogen (secondary N) is 2. The van der Waals surface area contributed by atoms with E-state index in [1.54, 1.807) is 0 Å². The number of pyridine rings is 1. The summed E-state index contributed by atoms with van der Waals surface area (Å²) in [7, 11) is 0. The highest BCUT2D eigenvalue weighted by atomic mass is 16.5. The van der Waals surface area contributed by atoms with Crippen molar-refractivity contribution in [3.63, 3.8) is 0 Å². The smallest absolute Gasteiger partial charge is 0.252 e. The van der Waals surface area contributed by atoms with E-state index in [9.17, 15) is 4.79 Å². The van der Waals surface area contributed by atoms with Crippen molar-refractivity contribution in [3.8, 4) is 0 Å². The van der Waals surface area contributed by atoms with E-state index in [2.05, 4.69) is 17.2 Å². The molecule has 2 aromatic rings. The van der Waals surface area contributed by atoms with E-state index in [0.29, 0.717) is 13.2 Å². The van der Waals surface area contributed by atoms with Crippen molar-refractivity contribution in [1.29, 1.82) is 0 Å². The van der Waals surface area contributed by atoms with E-state index >= 15 is 0 Å². The van der Waals surface area contributed by atoms with Crippen molar-refractivity contribution in [1.82, 2.24) is 10.3 Å². The molecule has 1 fully saturated rings. The van der Waals surface area contributed by atoms with E-state index in [4.69, 9.17) is 4.74 Å². The Morgan fingerprint density at radius 3 is 3.05 bits per heavy atom. The van der Waals surface area contributed by atoms with Crippen LogP contribution in [-0.4, -0.2) is 23.7 Å². The fraction of sp³-hybridized carbons (Fsp3) is 0.438. The van der Waals surface area contributed by atoms with Crippen molar-refractivity contribution >= 4 is 10.9 Å². The van der Waals surface area contributed by atoms with Gasteiger partial charge in [0.2, 0.25) is 0 Å². The molecule has 0 aliphatic carbocycles. The van der Waals surface area contributed by atoms with Crippen LogP contribution in [0.5, 0.6) is 0 Å². The molecule has 0 saturated carbocycles. The molecule has 3 rings (SSSR count). The Bertz CT molecular complexity index is 657. The lowest BCUT2D eigenvalue weighted by atomic mass is 9.94. The Labute approximate surface area is 118 Å². The highest BCUT2D eigenvalue weighted by Gasteiger charge is 2.26. The summed E-state index contributed by atoms with van der Waals surface area (Å²) in [5, 5.41) is 4.54. The summed E-state index contributed by atoms with van der Waals surface area (Å²) in [6.45, 7) is 4.27. The predicted molar refractivity (Wildman–Crippen MR) is 79.9 cm³/mol. The number of para-hydroxylation sites is 1. The zero-order chi connectivity index (χ0) is 14.0. The van der Waals surface area contributed by atoms with Crippen LogP contribution in [0.3, 0.4) is 0 Å². The molecule has 1 saturated heterocycles. The second-order valence-electron chi connectivity index (χ2n) is 5.78. The molecule has 1 aromatic heterocycles. The summed E-state index contributed by atoms with van der Waals surface area (Å²) < 4.78 is 5.53. The average Bonchev–Trinajstić information content (AvgIpc) is 2.46. The van der Waals surface area contributed by atoms with Crippen LogP contribution in [0.2, 0.25) is 0 Å². The van der Waals surface area contributed by atoms with Gasteiger partial charge in [-0.15, -0.1) is 0 Å². The van der Waals surface area contributed by atoms with Gasteiger partial charge in [0.15, 0.2) is 0 Å². The average molecular weight is 272 g/mol. The molecule has 4 heteroatoms. The van der Waals surface area contributed by atoms with Gasteiger partial charge in [-0.05, 0) is 37.3 Å². The van der Waals surface area contributed by atoms with Gasteiger partial charge in [-0.25, -0.2) is 0 Å². The number of aromatic nitrogens is 1. The molecule has 20 heavy (non-hydrogen) atoms. The first-order chi connectivity index (χ1) is 9.66. The quantitative estimate of drug-likeness (QED) is 0.900. The van der Waals surface area contributed by atoms with Gasteiger partial charge in [0.05, 0.1) is 6.61 Å². The number of hydrogen-bond donors (Lipinski definition) is 2. The zero-order valence-electron chi connectivity index (χ0n) is 11.7. The molecule has 1 aliphatic rings. The van der Waals surface area contributed by atoms with Gasteiger partial charge in [0, 0.05) is 29.8 Å². The molecule has 0 spiro atoms. The standard InChI is InChI=1S/C16H20N2O2/c1-16(7-4-8-20-11-16)17-10-13-9-12-5-2-3-6-14(12)18-15(13)19/h2-3,5-6,9,17H,4,7-8,10-11H2,1H3,(H,18,19). The number of ether oxygens (including phenoxy) is 1. The lowest BCUT2D eigenvalue weighted by Crippen LogP contribution is -2.49. The highest BCUT2D eigenvalue weighted by Crippen LogP contribution is 2.19. The van der Waals surface area contributed by atoms with Gasteiger partial charge >= 0.3 is 0 Å². The number of benzene rings is 1. The molecule has 2 N–H and O–H groups in total. The van der Waals surface area contributed by atoms with Crippen LogP contribution in [0.4, 0.5) is 0 Å². The van der Waals surface area contributed by atoms with Crippen molar-refractivity contribution in [2.45, 2.75) is 31.8 Å². The first-order valence-corrected chi connectivity index (χ1v) is 7.10. The normalized spacial score (nSPS) is 23.1. The predicted octanol–water partition coefficient (Wildman–Crippen LogP) is 2.19. The third-order valence-corrected chi connectivity index (χ3v) is 3.97. The fourth-order valence-electron chi connectivity index (χ4n) is 2.71. The molecule has 4 nitrogen and oxygen atoms in total. The number of fused-ring (bicyclic) bond motifs is 1. The monoisotopic (exact) mass is 272 g/mol. The Balaban J connectivity index is 1.80. The van der Waals surface area contributed by atoms with Crippen molar-refractivity contribution in [2.75, 3.05) is 13.2 Å². The molecule has 1 unspecified atom stereocenters. The first kappa shape index (κ1) is 13.3. The lowest BCUT2D eigenvalue weighted by molar-refractivity contribution is 0.0277. The lowest BCUT2D eigenvalue weighted by Gasteiger charge is -2.34. The van der Waals surface area contributed by atoms with Gasteiger partial charge in [0.25, 0.3) is 5.56 Å². The van der Waals surface area contributed by atoms with E-state index < -0.39 is 0 Å². The van der Waals surface area contributed by atoms with E-state index in [1.165, 1.54) is 0 Å². The largest absolute Gasteiger partial charge is 0.380 e. The molecule has 1 atom stereocenters. The fourth-order valence-corrected chi connectivity index (χ4v) is 2.71. The Hall–Kier alpha value is -1.65. The first-order valence-electron chi connectivity index (χ1n) is 7.10. The van der Waals surface area contributed by atoms with Crippen molar-refractivity contribution < 1.29 is 4.74 Å². The van der Waals surface area contributed by atoms with E-state index in [1.807, 2.05) is 30.3 Å². The minimum absolute atomic E-state index is 0.0171. The minimum atomic E-state index is -0.0314. The van der Waals surface area contributed by atoms with Gasteiger partial charge in [-0.3, -0.25) is 4.79 Å². The van der Waals surface area contributed by atoms with Crippen LogP contribution in [0.25, 0.3) is 10.9 Å². The number of rotatable bonds is 3. The summed E-state index contributed by atoms with van der Waals surface area (Å²) in [4.78, 5) is 15.0. The topological polar surface area (TPSA) is 54.1 Å². The Morgan fingerprint density at radius 2 is 2.25 bits per heavy atom. The summed E-state index contributed by atoms with van der Waals surface area (Å²) in [5.74, 6) is 0. The van der Waals surface area contributed by atoms with Crippen LogP contribution in [0, 0.1) is 0 Å². The summed E-state index contributed by atoms with van der Waals surface area (Å²) in [5.41, 5.74) is 1.61. The SMILES string of the molecule is CC1(NCc2cc3ccccc3[nH]c2=O)CCCOC1. The van der Waals surface area contributed by atoms with Gasteiger partial charge in [0.1, 0.15) is 0 Å². The molecular formula is C16H20N2O2. The second kappa shape index (κ2) is 5.38. The summed E-state index contributed by atoms with van der Waals surface area (Å²) >= 11 is 0. The maximum Gasteiger partial charge on any atom is 0.252 e. The van der Waals surface area contributed by atoms with Gasteiger partial charge < -0.3 is 15.0 Å². The van der Waals surface area contributed by atoms with E-state index in [-0.39, 0.29) is 11.1 Å². The molecule has 2 heterocycles. The molecule has 0 amide bonds. The van der Waals surface area contributed by atoms with Gasteiger partial charge in [-0.2, -0.15) is 0 Å². The Kier molecular flexibility index (Phi) is 3.59. The summed E-state index contributed by atoms with van der Waals surface area (Å²) in [6.07, 6.45) is 2.15. The molecule has 1 aliphatic heterocycles. The molecule has 1 aromatic carbocycles. The van der Waals surface area contributed by atoms with Crippen molar-refractivity contribution in [2.24, 2.45) is 0 Å². The maximum atomic E-state index is 12.1. The summed E-state index contributed by atoms with van der Waals surface area (Å²) in [6, 6.07) is 9.81. The number of H-pyrrole nitrogens is 1. The van der Waals surface area contributed by atoms with Crippen LogP contribution in [-0.2, 0) is 11.3 Å². The molecule has 0 bridgehead atoms. The number of aromatic amines is 1. The van der Waals surface area contributed by atoms with Crippen molar-refractivity contribution in [3.05, 3.63) is 46.2 Å². The highest BCUT2D eigenvalue weighted by molar-refractivity contribution is 5.78. The number of hydrogen-bond acceptors (Lipinski definition) is 3. The zero-order valence-corrected chi connectivity index (χ0v) is 11.7. The Morgan fingerprint density at radius 1 is 1.40 bits per heavy atom.